The highest BCUT2D eigenvalue weighted by Gasteiger charge is 2.47. The molecule has 6 nitrogen and oxygen atoms in total. The standard InChI is InChI=1S/C23H26ClNO5/c1-5-9-30-23(28)18-13(3)25-16-10-12(2)17(22(27)29-4)21(26)20(16)19(18)14-7-6-8-15(24)11-14/h6-8,11-12,17,19,25H,5,9-10H2,1-4H3/t12-,17+,19-/m0/s1. The topological polar surface area (TPSA) is 81.7 Å². The third kappa shape index (κ3) is 4.01. The molecule has 0 bridgehead atoms. The van der Waals surface area contributed by atoms with Gasteiger partial charge in [-0.15, -0.1) is 0 Å². The molecule has 0 unspecified atom stereocenters. The van der Waals surface area contributed by atoms with Gasteiger partial charge in [0.2, 0.25) is 0 Å². The van der Waals surface area contributed by atoms with Crippen LogP contribution in [0.1, 0.15) is 45.1 Å². The highest BCUT2D eigenvalue weighted by atomic mass is 35.5. The minimum atomic E-state index is -0.913. The number of carbonyl (C=O) groups is 3. The van der Waals surface area contributed by atoms with Crippen LogP contribution < -0.4 is 5.32 Å². The van der Waals surface area contributed by atoms with Crippen molar-refractivity contribution in [2.24, 2.45) is 11.8 Å². The summed E-state index contributed by atoms with van der Waals surface area (Å²) in [5.41, 5.74) is 2.82. The summed E-state index contributed by atoms with van der Waals surface area (Å²) in [7, 11) is 1.28. The van der Waals surface area contributed by atoms with Gasteiger partial charge in [-0.25, -0.2) is 4.79 Å². The van der Waals surface area contributed by atoms with E-state index in [2.05, 4.69) is 5.32 Å². The number of halogens is 1. The Morgan fingerprint density at radius 3 is 2.67 bits per heavy atom. The molecule has 0 saturated heterocycles. The lowest BCUT2D eigenvalue weighted by atomic mass is 9.69. The van der Waals surface area contributed by atoms with E-state index < -0.39 is 23.8 Å². The third-order valence-corrected chi connectivity index (χ3v) is 5.82. The van der Waals surface area contributed by atoms with Crippen molar-refractivity contribution in [1.29, 1.82) is 0 Å². The van der Waals surface area contributed by atoms with Gasteiger partial charge in [-0.3, -0.25) is 9.59 Å². The molecule has 3 atom stereocenters. The predicted octanol–water partition coefficient (Wildman–Crippen LogP) is 3.91. The maximum atomic E-state index is 13.5. The van der Waals surface area contributed by atoms with Crippen LogP contribution in [-0.2, 0) is 23.9 Å². The summed E-state index contributed by atoms with van der Waals surface area (Å²) in [4.78, 5) is 38.9. The van der Waals surface area contributed by atoms with Gasteiger partial charge in [0, 0.05) is 27.9 Å². The maximum Gasteiger partial charge on any atom is 0.336 e. The third-order valence-electron chi connectivity index (χ3n) is 5.58. The Bertz CT molecular complexity index is 949. The second-order valence-electron chi connectivity index (χ2n) is 7.73. The summed E-state index contributed by atoms with van der Waals surface area (Å²) in [6, 6.07) is 7.07. The zero-order valence-electron chi connectivity index (χ0n) is 17.6. The summed E-state index contributed by atoms with van der Waals surface area (Å²) in [6.07, 6.45) is 1.18. The number of hydrogen-bond acceptors (Lipinski definition) is 6. The number of nitrogens with one attached hydrogen (secondary N) is 1. The Labute approximate surface area is 181 Å². The summed E-state index contributed by atoms with van der Waals surface area (Å²) >= 11 is 6.22. The Kier molecular flexibility index (Phi) is 6.66. The molecule has 30 heavy (non-hydrogen) atoms. The molecule has 3 rings (SSSR count). The SMILES string of the molecule is CCCOC(=O)C1=C(C)NC2=C(C(=O)[C@H](C(=O)OC)[C@@H](C)C2)[C@H]1c1cccc(Cl)c1. The van der Waals surface area contributed by atoms with Crippen LogP contribution in [0.5, 0.6) is 0 Å². The van der Waals surface area contributed by atoms with Crippen LogP contribution in [0.2, 0.25) is 5.02 Å². The quantitative estimate of drug-likeness (QED) is 0.562. The molecule has 0 aromatic heterocycles. The Hall–Kier alpha value is -2.60. The van der Waals surface area contributed by atoms with Gasteiger partial charge in [-0.05, 0) is 43.4 Å². The zero-order chi connectivity index (χ0) is 22.0. The fraction of sp³-hybridized carbons (Fsp3) is 0.435. The van der Waals surface area contributed by atoms with Crippen molar-refractivity contribution in [1.82, 2.24) is 5.32 Å². The molecule has 1 heterocycles. The van der Waals surface area contributed by atoms with Gasteiger partial charge in [0.25, 0.3) is 0 Å². The minimum Gasteiger partial charge on any atom is -0.468 e. The number of hydrogen-bond donors (Lipinski definition) is 1. The molecular weight excluding hydrogens is 406 g/mol. The number of methoxy groups -OCH3 is 1. The minimum absolute atomic E-state index is 0.224. The number of rotatable bonds is 5. The molecule has 0 radical (unpaired) electrons. The highest BCUT2D eigenvalue weighted by molar-refractivity contribution is 6.30. The number of ketones is 1. The smallest absolute Gasteiger partial charge is 0.336 e. The Balaban J connectivity index is 2.16. The van der Waals surface area contributed by atoms with Crippen LogP contribution in [-0.4, -0.2) is 31.4 Å². The monoisotopic (exact) mass is 431 g/mol. The van der Waals surface area contributed by atoms with E-state index in [9.17, 15) is 14.4 Å². The fourth-order valence-corrected chi connectivity index (χ4v) is 4.44. The van der Waals surface area contributed by atoms with E-state index in [0.29, 0.717) is 40.3 Å². The predicted molar refractivity (Wildman–Crippen MR) is 113 cm³/mol. The number of esters is 2. The lowest BCUT2D eigenvalue weighted by molar-refractivity contribution is -0.151. The summed E-state index contributed by atoms with van der Waals surface area (Å²) < 4.78 is 10.3. The highest BCUT2D eigenvalue weighted by Crippen LogP contribution is 2.45. The fourth-order valence-electron chi connectivity index (χ4n) is 4.24. The van der Waals surface area contributed by atoms with E-state index in [1.54, 1.807) is 25.1 Å². The molecular formula is C23H26ClNO5. The lowest BCUT2D eigenvalue weighted by Gasteiger charge is -2.38. The van der Waals surface area contributed by atoms with Crippen molar-refractivity contribution in [3.63, 3.8) is 0 Å². The van der Waals surface area contributed by atoms with Gasteiger partial charge in [0.15, 0.2) is 5.78 Å². The van der Waals surface area contributed by atoms with E-state index >= 15 is 0 Å². The first-order chi connectivity index (χ1) is 14.3. The number of allylic oxidation sites excluding steroid dienone is 3. The first-order valence-electron chi connectivity index (χ1n) is 10.1. The second kappa shape index (κ2) is 9.04. The first kappa shape index (κ1) is 22.1. The van der Waals surface area contributed by atoms with E-state index in [1.165, 1.54) is 7.11 Å². The summed E-state index contributed by atoms with van der Waals surface area (Å²) in [5, 5.41) is 3.72. The van der Waals surface area contributed by atoms with Gasteiger partial charge in [-0.1, -0.05) is 37.6 Å². The largest absolute Gasteiger partial charge is 0.468 e. The molecule has 1 aliphatic heterocycles. The average Bonchev–Trinajstić information content (AvgIpc) is 2.70. The number of Topliss-reactive ketones (excluding diaryl/α,β-unsaturated/α-hetero) is 1. The van der Waals surface area contributed by atoms with Crippen molar-refractivity contribution in [3.05, 3.63) is 57.4 Å². The van der Waals surface area contributed by atoms with Crippen molar-refractivity contribution >= 4 is 29.3 Å². The van der Waals surface area contributed by atoms with Gasteiger partial charge in [0.05, 0.1) is 19.3 Å². The molecule has 7 heteroatoms. The zero-order valence-corrected chi connectivity index (χ0v) is 18.3. The molecule has 2 aliphatic rings. The normalized spacial score (nSPS) is 23.6. The molecule has 0 saturated carbocycles. The molecule has 160 valence electrons. The van der Waals surface area contributed by atoms with Gasteiger partial charge in [0.1, 0.15) is 5.92 Å². The Morgan fingerprint density at radius 1 is 1.30 bits per heavy atom. The summed E-state index contributed by atoms with van der Waals surface area (Å²) in [6.45, 7) is 5.84. The van der Waals surface area contributed by atoms with Crippen LogP contribution in [0.15, 0.2) is 46.8 Å². The molecule has 1 aliphatic carbocycles. The number of carbonyl (C=O) groups excluding carboxylic acids is 3. The number of dihydropyridines is 1. The average molecular weight is 432 g/mol. The molecule has 1 N–H and O–H groups in total. The van der Waals surface area contributed by atoms with Crippen LogP contribution in [0.25, 0.3) is 0 Å². The molecule has 0 fully saturated rings. The van der Waals surface area contributed by atoms with Crippen molar-refractivity contribution in [3.8, 4) is 0 Å². The van der Waals surface area contributed by atoms with Crippen LogP contribution in [0, 0.1) is 11.8 Å². The van der Waals surface area contributed by atoms with Gasteiger partial charge < -0.3 is 14.8 Å². The van der Waals surface area contributed by atoms with Crippen molar-refractivity contribution < 1.29 is 23.9 Å². The van der Waals surface area contributed by atoms with E-state index in [0.717, 1.165) is 5.70 Å². The molecule has 0 spiro atoms. The van der Waals surface area contributed by atoms with Crippen LogP contribution in [0.3, 0.4) is 0 Å². The van der Waals surface area contributed by atoms with E-state index in [1.807, 2.05) is 19.9 Å². The van der Waals surface area contributed by atoms with Gasteiger partial charge >= 0.3 is 11.9 Å². The molecule has 1 aromatic carbocycles. The second-order valence-corrected chi connectivity index (χ2v) is 8.16. The first-order valence-corrected chi connectivity index (χ1v) is 10.4. The molecule has 0 amide bonds. The van der Waals surface area contributed by atoms with Gasteiger partial charge in [-0.2, -0.15) is 0 Å². The van der Waals surface area contributed by atoms with Crippen LogP contribution in [0.4, 0.5) is 0 Å². The van der Waals surface area contributed by atoms with E-state index in [4.69, 9.17) is 21.1 Å². The number of benzene rings is 1. The van der Waals surface area contributed by atoms with Crippen LogP contribution >= 0.6 is 11.6 Å². The van der Waals surface area contributed by atoms with Crippen molar-refractivity contribution in [2.45, 2.75) is 39.5 Å². The number of ether oxygens (including phenoxy) is 2. The molecule has 1 aromatic rings. The summed E-state index contributed by atoms with van der Waals surface area (Å²) in [5.74, 6) is -3.19. The van der Waals surface area contributed by atoms with E-state index in [-0.39, 0.29) is 18.3 Å². The maximum absolute atomic E-state index is 13.5. The van der Waals surface area contributed by atoms with Crippen molar-refractivity contribution in [2.75, 3.05) is 13.7 Å². The lowest BCUT2D eigenvalue weighted by Crippen LogP contribution is -2.43. The Morgan fingerprint density at radius 2 is 2.03 bits per heavy atom.